The van der Waals surface area contributed by atoms with E-state index >= 15 is 0 Å². The van der Waals surface area contributed by atoms with Gasteiger partial charge in [0.1, 0.15) is 0 Å². The highest BCUT2D eigenvalue weighted by atomic mass is 35.5. The van der Waals surface area contributed by atoms with E-state index in [2.05, 4.69) is 9.71 Å². The molecular formula is C13H13ClN2O4S. The molecule has 0 unspecified atom stereocenters. The first-order valence-electron chi connectivity index (χ1n) is 5.83. The van der Waals surface area contributed by atoms with Crippen molar-refractivity contribution in [3.8, 4) is 11.5 Å². The normalized spacial score (nSPS) is 11.0. The number of aromatic nitrogens is 1. The average molecular weight is 329 g/mol. The summed E-state index contributed by atoms with van der Waals surface area (Å²) in [5.74, 6) is 0.758. The van der Waals surface area contributed by atoms with Crippen LogP contribution in [0, 0.1) is 0 Å². The Hall–Kier alpha value is -1.99. The Balaban J connectivity index is 2.38. The van der Waals surface area contributed by atoms with Gasteiger partial charge in [0.15, 0.2) is 16.7 Å². The molecular weight excluding hydrogens is 316 g/mol. The van der Waals surface area contributed by atoms with E-state index in [4.69, 9.17) is 21.1 Å². The fourth-order valence-electron chi connectivity index (χ4n) is 1.65. The molecule has 6 nitrogen and oxygen atoms in total. The van der Waals surface area contributed by atoms with Gasteiger partial charge in [-0.05, 0) is 24.3 Å². The molecule has 0 saturated heterocycles. The second-order valence-electron chi connectivity index (χ2n) is 3.96. The van der Waals surface area contributed by atoms with Gasteiger partial charge in [0, 0.05) is 12.3 Å². The van der Waals surface area contributed by atoms with E-state index in [9.17, 15) is 8.42 Å². The van der Waals surface area contributed by atoms with Gasteiger partial charge in [-0.1, -0.05) is 11.6 Å². The molecule has 0 aliphatic carbocycles. The largest absolute Gasteiger partial charge is 0.493 e. The number of pyridine rings is 1. The predicted molar refractivity (Wildman–Crippen MR) is 79.6 cm³/mol. The van der Waals surface area contributed by atoms with Crippen LogP contribution in [0.4, 0.5) is 5.69 Å². The number of rotatable bonds is 5. The monoisotopic (exact) mass is 328 g/mol. The summed E-state index contributed by atoms with van der Waals surface area (Å²) in [6.07, 6.45) is 1.47. The maximum atomic E-state index is 12.3. The van der Waals surface area contributed by atoms with Crippen LogP contribution in [0.2, 0.25) is 5.15 Å². The van der Waals surface area contributed by atoms with Crippen LogP contribution >= 0.6 is 11.6 Å². The third-order valence-electron chi connectivity index (χ3n) is 2.67. The van der Waals surface area contributed by atoms with Crippen LogP contribution in [-0.4, -0.2) is 27.6 Å². The number of benzene rings is 1. The molecule has 0 amide bonds. The Morgan fingerprint density at radius 1 is 1.14 bits per heavy atom. The number of nitrogens with zero attached hydrogens (tertiary/aromatic N) is 1. The fourth-order valence-corrected chi connectivity index (χ4v) is 2.95. The van der Waals surface area contributed by atoms with Gasteiger partial charge in [-0.15, -0.1) is 0 Å². The topological polar surface area (TPSA) is 77.5 Å². The summed E-state index contributed by atoms with van der Waals surface area (Å²) in [7, 11) is -0.901. The van der Waals surface area contributed by atoms with Crippen molar-refractivity contribution in [2.24, 2.45) is 0 Å². The van der Waals surface area contributed by atoms with Crippen molar-refractivity contribution in [1.82, 2.24) is 4.98 Å². The first-order valence-corrected chi connectivity index (χ1v) is 7.69. The average Bonchev–Trinajstić information content (AvgIpc) is 2.48. The van der Waals surface area contributed by atoms with Crippen molar-refractivity contribution < 1.29 is 17.9 Å². The van der Waals surface area contributed by atoms with E-state index in [0.29, 0.717) is 11.5 Å². The lowest BCUT2D eigenvalue weighted by atomic mass is 10.3. The zero-order valence-corrected chi connectivity index (χ0v) is 12.9. The van der Waals surface area contributed by atoms with Crippen molar-refractivity contribution in [3.63, 3.8) is 0 Å². The Bertz CT molecular complexity index is 750. The molecule has 0 saturated carbocycles. The van der Waals surface area contributed by atoms with Gasteiger partial charge in [-0.3, -0.25) is 4.72 Å². The number of nitrogens with one attached hydrogen (secondary N) is 1. The number of sulfonamides is 1. The smallest absolute Gasteiger partial charge is 0.262 e. The Morgan fingerprint density at radius 2 is 1.86 bits per heavy atom. The third kappa shape index (κ3) is 3.37. The molecule has 1 aromatic heterocycles. The molecule has 0 fully saturated rings. The van der Waals surface area contributed by atoms with E-state index in [-0.39, 0.29) is 15.7 Å². The number of hydrogen-bond donors (Lipinski definition) is 1. The number of halogens is 1. The first kappa shape index (κ1) is 15.4. The summed E-state index contributed by atoms with van der Waals surface area (Å²) in [4.78, 5) is 3.84. The number of hydrogen-bond acceptors (Lipinski definition) is 5. The summed E-state index contributed by atoms with van der Waals surface area (Å²) in [6.45, 7) is 0. The molecule has 2 aromatic rings. The van der Waals surface area contributed by atoms with Crippen LogP contribution in [-0.2, 0) is 10.0 Å². The maximum absolute atomic E-state index is 12.3. The lowest BCUT2D eigenvalue weighted by molar-refractivity contribution is 0.354. The molecule has 0 radical (unpaired) electrons. The van der Waals surface area contributed by atoms with E-state index in [1.165, 1.54) is 44.7 Å². The van der Waals surface area contributed by atoms with Gasteiger partial charge in [0.2, 0.25) is 0 Å². The van der Waals surface area contributed by atoms with Gasteiger partial charge in [0.25, 0.3) is 10.0 Å². The molecule has 0 bridgehead atoms. The summed E-state index contributed by atoms with van der Waals surface area (Å²) in [6, 6.07) is 7.39. The standard InChI is InChI=1S/C13H13ClN2O4S/c1-19-11-6-5-9(8-12(11)20-2)21(17,18)16-10-4-3-7-15-13(10)14/h3-8,16H,1-2H3. The van der Waals surface area contributed by atoms with Crippen LogP contribution in [0.25, 0.3) is 0 Å². The highest BCUT2D eigenvalue weighted by molar-refractivity contribution is 7.92. The summed E-state index contributed by atoms with van der Waals surface area (Å²) in [5.41, 5.74) is 0.203. The van der Waals surface area contributed by atoms with Crippen molar-refractivity contribution >= 4 is 27.3 Å². The first-order chi connectivity index (χ1) is 9.97. The summed E-state index contributed by atoms with van der Waals surface area (Å²) < 4.78 is 37.2. The van der Waals surface area contributed by atoms with E-state index in [1.54, 1.807) is 6.07 Å². The van der Waals surface area contributed by atoms with Gasteiger partial charge in [0.05, 0.1) is 24.8 Å². The van der Waals surface area contributed by atoms with E-state index in [1.807, 2.05) is 0 Å². The molecule has 0 atom stereocenters. The molecule has 112 valence electrons. The molecule has 0 aliphatic heterocycles. The Kier molecular flexibility index (Phi) is 4.54. The molecule has 0 spiro atoms. The van der Waals surface area contributed by atoms with Crippen molar-refractivity contribution in [3.05, 3.63) is 41.7 Å². The zero-order valence-electron chi connectivity index (χ0n) is 11.3. The summed E-state index contributed by atoms with van der Waals surface area (Å²) in [5, 5.41) is 0.0709. The van der Waals surface area contributed by atoms with Gasteiger partial charge in [-0.2, -0.15) is 0 Å². The highest BCUT2D eigenvalue weighted by Crippen LogP contribution is 2.30. The van der Waals surface area contributed by atoms with E-state index in [0.717, 1.165) is 0 Å². The minimum absolute atomic E-state index is 0.0278. The van der Waals surface area contributed by atoms with Gasteiger partial charge >= 0.3 is 0 Å². The number of methoxy groups -OCH3 is 2. The second kappa shape index (κ2) is 6.19. The highest BCUT2D eigenvalue weighted by Gasteiger charge is 2.18. The van der Waals surface area contributed by atoms with Crippen LogP contribution < -0.4 is 14.2 Å². The lowest BCUT2D eigenvalue weighted by Gasteiger charge is -2.12. The van der Waals surface area contributed by atoms with Crippen LogP contribution in [0.15, 0.2) is 41.4 Å². The predicted octanol–water partition coefficient (Wildman–Crippen LogP) is 2.55. The fraction of sp³-hybridized carbons (Fsp3) is 0.154. The summed E-state index contributed by atoms with van der Waals surface area (Å²) >= 11 is 5.84. The molecule has 2 rings (SSSR count). The lowest BCUT2D eigenvalue weighted by Crippen LogP contribution is -2.13. The molecule has 1 aromatic carbocycles. The van der Waals surface area contributed by atoms with Crippen molar-refractivity contribution in [2.75, 3.05) is 18.9 Å². The second-order valence-corrected chi connectivity index (χ2v) is 6.00. The SMILES string of the molecule is COc1ccc(S(=O)(=O)Nc2cccnc2Cl)cc1OC. The minimum atomic E-state index is -3.80. The van der Waals surface area contributed by atoms with Gasteiger partial charge < -0.3 is 9.47 Å². The zero-order chi connectivity index (χ0) is 15.5. The maximum Gasteiger partial charge on any atom is 0.262 e. The number of anilines is 1. The van der Waals surface area contributed by atoms with Crippen molar-refractivity contribution in [1.29, 1.82) is 0 Å². The van der Waals surface area contributed by atoms with Gasteiger partial charge in [-0.25, -0.2) is 13.4 Å². The third-order valence-corrected chi connectivity index (χ3v) is 4.33. The van der Waals surface area contributed by atoms with Crippen LogP contribution in [0.3, 0.4) is 0 Å². The van der Waals surface area contributed by atoms with Crippen molar-refractivity contribution in [2.45, 2.75) is 4.90 Å². The van der Waals surface area contributed by atoms with Crippen LogP contribution in [0.5, 0.6) is 11.5 Å². The molecule has 0 aliphatic rings. The Labute approximate surface area is 127 Å². The van der Waals surface area contributed by atoms with Crippen LogP contribution in [0.1, 0.15) is 0 Å². The number of ether oxygens (including phenoxy) is 2. The molecule has 8 heteroatoms. The minimum Gasteiger partial charge on any atom is -0.493 e. The molecule has 1 N–H and O–H groups in total. The van der Waals surface area contributed by atoms with E-state index < -0.39 is 10.0 Å². The quantitative estimate of drug-likeness (QED) is 0.853. The molecule has 1 heterocycles. The Morgan fingerprint density at radius 3 is 2.48 bits per heavy atom. The molecule has 21 heavy (non-hydrogen) atoms.